The molecule has 0 N–H and O–H groups in total. The van der Waals surface area contributed by atoms with E-state index >= 15 is 0 Å². The maximum absolute atomic E-state index is 11.1. The van der Waals surface area contributed by atoms with Crippen LogP contribution in [0.25, 0.3) is 6.08 Å². The molecule has 0 saturated heterocycles. The van der Waals surface area contributed by atoms with E-state index in [1.807, 2.05) is 43.4 Å². The fourth-order valence-corrected chi connectivity index (χ4v) is 1.81. The molecule has 136 valence electrons. The number of hydrogen-bond acceptors (Lipinski definition) is 2. The number of rotatable bonds is 10. The first-order valence-electron chi connectivity index (χ1n) is 9.01. The van der Waals surface area contributed by atoms with E-state index in [-0.39, 0.29) is 5.97 Å². The second-order valence-corrected chi connectivity index (χ2v) is 5.54. The lowest BCUT2D eigenvalue weighted by Gasteiger charge is -2.04. The molecule has 0 spiro atoms. The predicted molar refractivity (Wildman–Crippen MR) is 109 cm³/mol. The highest BCUT2D eigenvalue weighted by molar-refractivity contribution is 5.87. The number of allylic oxidation sites excluding steroid dienone is 4. The molecule has 25 heavy (non-hydrogen) atoms. The van der Waals surface area contributed by atoms with Crippen LogP contribution in [0.5, 0.6) is 0 Å². The first-order chi connectivity index (χ1) is 12.2. The molecule has 2 heteroatoms. The van der Waals surface area contributed by atoms with Gasteiger partial charge in [0.05, 0.1) is 6.61 Å². The molecule has 1 rings (SSSR count). The van der Waals surface area contributed by atoms with Crippen LogP contribution in [0.15, 0.2) is 73.4 Å². The van der Waals surface area contributed by atoms with Gasteiger partial charge in [0.15, 0.2) is 0 Å². The number of hydrogen-bond donors (Lipinski definition) is 0. The molecule has 0 saturated carbocycles. The van der Waals surface area contributed by atoms with Gasteiger partial charge in [-0.2, -0.15) is 0 Å². The van der Waals surface area contributed by atoms with Gasteiger partial charge in [-0.15, -0.1) is 0 Å². The van der Waals surface area contributed by atoms with E-state index in [1.165, 1.54) is 18.4 Å². The Kier molecular flexibility index (Phi) is 15.0. The Morgan fingerprint density at radius 2 is 1.76 bits per heavy atom. The van der Waals surface area contributed by atoms with E-state index in [0.717, 1.165) is 12.8 Å². The smallest absolute Gasteiger partial charge is 0.333 e. The fraction of sp³-hybridized carbons (Fsp3) is 0.348. The number of esters is 1. The molecule has 0 aromatic heterocycles. The molecule has 0 radical (unpaired) electrons. The Balaban J connectivity index is 0.000000462. The van der Waals surface area contributed by atoms with Crippen molar-refractivity contribution >= 4 is 12.0 Å². The number of carbonyl (C=O) groups is 1. The maximum Gasteiger partial charge on any atom is 0.333 e. The molecule has 0 bridgehead atoms. The van der Waals surface area contributed by atoms with Crippen molar-refractivity contribution in [3.8, 4) is 0 Å². The number of unbranched alkanes of at least 4 members (excludes halogenated alkanes) is 3. The molecular formula is C23H32O2. The maximum atomic E-state index is 11.1. The number of benzene rings is 1. The summed E-state index contributed by atoms with van der Waals surface area (Å²) in [5.74, 6) is -0.237. The SMILES string of the molecule is C=C(CC)C(=O)OCCCCCC.C=CC=CC=Cc1ccccc1. The molecule has 0 unspecified atom stereocenters. The third-order valence-electron chi connectivity index (χ3n) is 3.39. The summed E-state index contributed by atoms with van der Waals surface area (Å²) in [4.78, 5) is 11.1. The quantitative estimate of drug-likeness (QED) is 0.210. The number of carbonyl (C=O) groups excluding carboxylic acids is 1. The molecular weight excluding hydrogens is 308 g/mol. The summed E-state index contributed by atoms with van der Waals surface area (Å²) in [5, 5.41) is 0. The Labute approximate surface area is 153 Å². The van der Waals surface area contributed by atoms with E-state index in [2.05, 4.69) is 38.3 Å². The summed E-state index contributed by atoms with van der Waals surface area (Å²) in [6.07, 6.45) is 14.9. The third kappa shape index (κ3) is 13.8. The van der Waals surface area contributed by atoms with Crippen LogP contribution in [0.4, 0.5) is 0 Å². The van der Waals surface area contributed by atoms with Gasteiger partial charge in [0.25, 0.3) is 0 Å². The molecule has 0 aliphatic carbocycles. The van der Waals surface area contributed by atoms with E-state index in [1.54, 1.807) is 6.08 Å². The van der Waals surface area contributed by atoms with Gasteiger partial charge < -0.3 is 4.74 Å². The van der Waals surface area contributed by atoms with Crippen molar-refractivity contribution in [3.05, 3.63) is 78.9 Å². The highest BCUT2D eigenvalue weighted by Crippen LogP contribution is 2.03. The van der Waals surface area contributed by atoms with Crippen LogP contribution >= 0.6 is 0 Å². The normalized spacial score (nSPS) is 10.3. The Morgan fingerprint density at radius 1 is 1.04 bits per heavy atom. The van der Waals surface area contributed by atoms with Crippen molar-refractivity contribution in [2.24, 2.45) is 0 Å². The minimum absolute atomic E-state index is 0.237. The third-order valence-corrected chi connectivity index (χ3v) is 3.39. The summed E-state index contributed by atoms with van der Waals surface area (Å²) in [7, 11) is 0. The molecule has 0 heterocycles. The zero-order valence-electron chi connectivity index (χ0n) is 15.7. The summed E-state index contributed by atoms with van der Waals surface area (Å²) < 4.78 is 5.00. The lowest BCUT2D eigenvalue weighted by Crippen LogP contribution is -2.07. The topological polar surface area (TPSA) is 26.3 Å². The van der Waals surface area contributed by atoms with Gasteiger partial charge in [-0.1, -0.05) is 107 Å². The highest BCUT2D eigenvalue weighted by atomic mass is 16.5. The molecule has 0 aliphatic rings. The molecule has 0 fully saturated rings. The van der Waals surface area contributed by atoms with Crippen LogP contribution in [-0.4, -0.2) is 12.6 Å². The van der Waals surface area contributed by atoms with Crippen molar-refractivity contribution in [2.75, 3.05) is 6.61 Å². The lowest BCUT2D eigenvalue weighted by atomic mass is 10.2. The summed E-state index contributed by atoms with van der Waals surface area (Å²) in [6.45, 7) is 11.8. The van der Waals surface area contributed by atoms with Gasteiger partial charge in [-0.3, -0.25) is 0 Å². The summed E-state index contributed by atoms with van der Waals surface area (Å²) >= 11 is 0. The number of ether oxygens (including phenoxy) is 1. The van der Waals surface area contributed by atoms with Crippen molar-refractivity contribution in [3.63, 3.8) is 0 Å². The lowest BCUT2D eigenvalue weighted by molar-refractivity contribution is -0.139. The van der Waals surface area contributed by atoms with Gasteiger partial charge in [0.1, 0.15) is 0 Å². The van der Waals surface area contributed by atoms with Gasteiger partial charge in [0.2, 0.25) is 0 Å². The fourth-order valence-electron chi connectivity index (χ4n) is 1.81. The Hall–Kier alpha value is -2.35. The first kappa shape index (κ1) is 22.7. The molecule has 1 aromatic carbocycles. The Bertz CT molecular complexity index is 538. The van der Waals surface area contributed by atoms with E-state index in [0.29, 0.717) is 18.6 Å². The predicted octanol–water partition coefficient (Wildman–Crippen LogP) is 6.52. The minimum Gasteiger partial charge on any atom is -0.462 e. The van der Waals surface area contributed by atoms with Gasteiger partial charge in [0, 0.05) is 5.57 Å². The van der Waals surface area contributed by atoms with Crippen molar-refractivity contribution in [1.29, 1.82) is 0 Å². The van der Waals surface area contributed by atoms with Gasteiger partial charge in [-0.05, 0) is 18.4 Å². The monoisotopic (exact) mass is 340 g/mol. The molecule has 0 amide bonds. The summed E-state index contributed by atoms with van der Waals surface area (Å²) in [6, 6.07) is 10.2. The van der Waals surface area contributed by atoms with Gasteiger partial charge >= 0.3 is 5.97 Å². The molecule has 0 aliphatic heterocycles. The molecule has 2 nitrogen and oxygen atoms in total. The van der Waals surface area contributed by atoms with E-state index < -0.39 is 0 Å². The van der Waals surface area contributed by atoms with E-state index in [4.69, 9.17) is 4.74 Å². The zero-order valence-corrected chi connectivity index (χ0v) is 15.7. The molecule has 1 aromatic rings. The second-order valence-electron chi connectivity index (χ2n) is 5.54. The minimum atomic E-state index is -0.237. The standard InChI is InChI=1S/C12H12.C11H20O2/c1-2-3-4-6-9-12-10-7-5-8-11-12;1-4-6-7-8-9-13-11(12)10(3)5-2/h2-11H,1H2;3-9H2,1-2H3. The van der Waals surface area contributed by atoms with Crippen LogP contribution in [0, 0.1) is 0 Å². The Morgan fingerprint density at radius 3 is 2.36 bits per heavy atom. The first-order valence-corrected chi connectivity index (χ1v) is 9.01. The van der Waals surface area contributed by atoms with Crippen LogP contribution in [0.3, 0.4) is 0 Å². The largest absolute Gasteiger partial charge is 0.462 e. The second kappa shape index (κ2) is 16.5. The van der Waals surface area contributed by atoms with Crippen molar-refractivity contribution < 1.29 is 9.53 Å². The average molecular weight is 341 g/mol. The van der Waals surface area contributed by atoms with E-state index in [9.17, 15) is 4.79 Å². The van der Waals surface area contributed by atoms with Crippen LogP contribution < -0.4 is 0 Å². The zero-order chi connectivity index (χ0) is 18.8. The van der Waals surface area contributed by atoms with Gasteiger partial charge in [-0.25, -0.2) is 4.79 Å². The average Bonchev–Trinajstić information content (AvgIpc) is 2.65. The highest BCUT2D eigenvalue weighted by Gasteiger charge is 2.04. The summed E-state index contributed by atoms with van der Waals surface area (Å²) in [5.41, 5.74) is 1.78. The van der Waals surface area contributed by atoms with Crippen LogP contribution in [0.2, 0.25) is 0 Å². The van der Waals surface area contributed by atoms with Crippen molar-refractivity contribution in [1.82, 2.24) is 0 Å². The van der Waals surface area contributed by atoms with Crippen LogP contribution in [0.1, 0.15) is 51.5 Å². The van der Waals surface area contributed by atoms with Crippen LogP contribution in [-0.2, 0) is 9.53 Å². The molecule has 0 atom stereocenters. The van der Waals surface area contributed by atoms with Crippen molar-refractivity contribution in [2.45, 2.75) is 46.0 Å².